The van der Waals surface area contributed by atoms with Crippen LogP contribution in [0.15, 0.2) is 78.9 Å². The summed E-state index contributed by atoms with van der Waals surface area (Å²) in [4.78, 5) is 13.6. The highest BCUT2D eigenvalue weighted by molar-refractivity contribution is 8.25. The molecule has 1 heterocycles. The highest BCUT2D eigenvalue weighted by Gasteiger charge is 2.28. The van der Waals surface area contributed by atoms with E-state index in [1.807, 2.05) is 61.5 Å². The molecule has 0 saturated carbocycles. The van der Waals surface area contributed by atoms with Gasteiger partial charge in [0.2, 0.25) is 0 Å². The number of aliphatic hydroxyl groups excluding tert-OH is 1. The Balaban J connectivity index is 1.49. The number of carbonyl (C=O) groups is 1. The first-order chi connectivity index (χ1) is 19.4. The molecule has 6 N–H and O–H groups in total. The van der Waals surface area contributed by atoms with Gasteiger partial charge in [0.1, 0.15) is 0 Å². The highest BCUT2D eigenvalue weighted by atomic mass is 32.3. The zero-order valence-corrected chi connectivity index (χ0v) is 23.9. The number of carbonyl (C=O) groups excluding carboxylic acids is 1. The fourth-order valence-electron chi connectivity index (χ4n) is 4.97. The molecule has 216 valence electrons. The van der Waals surface area contributed by atoms with Crippen LogP contribution >= 0.6 is 10.8 Å². The summed E-state index contributed by atoms with van der Waals surface area (Å²) in [6.45, 7) is 4.19. The highest BCUT2D eigenvalue weighted by Crippen LogP contribution is 2.50. The van der Waals surface area contributed by atoms with E-state index in [0.29, 0.717) is 49.6 Å². The van der Waals surface area contributed by atoms with Crippen molar-refractivity contribution in [3.05, 3.63) is 95.6 Å². The lowest BCUT2D eigenvalue weighted by Gasteiger charge is -2.47. The molecular formula is C31H42N4O4S. The van der Waals surface area contributed by atoms with Gasteiger partial charge in [-0.25, -0.2) is 0 Å². The van der Waals surface area contributed by atoms with E-state index in [-0.39, 0.29) is 5.91 Å². The molecule has 4 rings (SSSR count). The van der Waals surface area contributed by atoms with Crippen molar-refractivity contribution < 1.29 is 19.0 Å². The summed E-state index contributed by atoms with van der Waals surface area (Å²) in [5, 5.41) is 20.8. The Labute approximate surface area is 239 Å². The smallest absolute Gasteiger partial charge is 0.251 e. The molecule has 1 amide bonds. The van der Waals surface area contributed by atoms with Gasteiger partial charge in [0.05, 0.1) is 23.6 Å². The predicted octanol–water partition coefficient (Wildman–Crippen LogP) is 4.92. The number of hydrogen-bond donors (Lipinski definition) is 6. The summed E-state index contributed by atoms with van der Waals surface area (Å²) in [6.07, 6.45) is 2.12. The Morgan fingerprint density at radius 1 is 0.975 bits per heavy atom. The third kappa shape index (κ3) is 8.46. The van der Waals surface area contributed by atoms with Crippen LogP contribution in [0.1, 0.15) is 41.3 Å². The normalized spacial score (nSPS) is 17.1. The van der Waals surface area contributed by atoms with Crippen LogP contribution in [0.3, 0.4) is 0 Å². The largest absolute Gasteiger partial charge is 0.390 e. The Morgan fingerprint density at radius 3 is 2.35 bits per heavy atom. The van der Waals surface area contributed by atoms with E-state index in [0.717, 1.165) is 30.5 Å². The van der Waals surface area contributed by atoms with Gasteiger partial charge in [0.15, 0.2) is 0 Å². The molecule has 0 aliphatic carbocycles. The Hall–Kier alpha value is -3.08. The van der Waals surface area contributed by atoms with Crippen molar-refractivity contribution in [2.45, 2.75) is 44.8 Å². The van der Waals surface area contributed by atoms with Crippen LogP contribution in [-0.2, 0) is 12.8 Å². The third-order valence-corrected chi connectivity index (χ3v) is 9.03. The van der Waals surface area contributed by atoms with E-state index in [4.69, 9.17) is 0 Å². The minimum atomic E-state index is -2.94. The number of benzene rings is 3. The molecule has 1 saturated heterocycles. The Kier molecular flexibility index (Phi) is 10.9. The molecule has 8 nitrogen and oxygen atoms in total. The molecule has 0 radical (unpaired) electrons. The maximum Gasteiger partial charge on any atom is 0.251 e. The SMILES string of the molecule is CCNc1cc(C(=O)N[C@@H](Cc2ccccc2)[C@H](O)CNCCc2ccccc2)cc(N2CCCCS2(O)O)c1. The molecule has 40 heavy (non-hydrogen) atoms. The van der Waals surface area contributed by atoms with E-state index in [1.54, 1.807) is 16.4 Å². The number of hydrogen-bond acceptors (Lipinski definition) is 7. The lowest BCUT2D eigenvalue weighted by atomic mass is 10.00. The van der Waals surface area contributed by atoms with E-state index in [2.05, 4.69) is 28.1 Å². The van der Waals surface area contributed by atoms with Crippen molar-refractivity contribution >= 4 is 28.1 Å². The van der Waals surface area contributed by atoms with Gasteiger partial charge in [-0.05, 0) is 68.5 Å². The maximum atomic E-state index is 13.6. The van der Waals surface area contributed by atoms with Crippen LogP contribution in [0.5, 0.6) is 0 Å². The first-order valence-corrected chi connectivity index (χ1v) is 15.7. The van der Waals surface area contributed by atoms with E-state index in [9.17, 15) is 19.0 Å². The van der Waals surface area contributed by atoms with Crippen LogP contribution in [0.4, 0.5) is 11.4 Å². The molecule has 1 fully saturated rings. The number of amides is 1. The van der Waals surface area contributed by atoms with Crippen molar-refractivity contribution in [1.29, 1.82) is 0 Å². The van der Waals surface area contributed by atoms with E-state index in [1.165, 1.54) is 5.56 Å². The summed E-state index contributed by atoms with van der Waals surface area (Å²) >= 11 is 0. The first-order valence-electron chi connectivity index (χ1n) is 14.1. The number of nitrogens with one attached hydrogen (secondary N) is 3. The molecule has 9 heteroatoms. The van der Waals surface area contributed by atoms with Crippen LogP contribution in [0, 0.1) is 0 Å². The van der Waals surface area contributed by atoms with Gasteiger partial charge in [-0.1, -0.05) is 60.7 Å². The Bertz CT molecular complexity index is 1210. The van der Waals surface area contributed by atoms with E-state index >= 15 is 0 Å². The standard InChI is InChI=1S/C31H42N4O4S/c1-2-33-27-20-26(21-28(22-27)35-17-9-10-18-40(35,38)39)31(37)34-29(19-25-13-7-4-8-14-25)30(36)23-32-16-15-24-11-5-3-6-12-24/h3-8,11-14,20-22,29-30,32-33,36,38-39H,2,9-10,15-19,23H2,1H3,(H,34,37)/t29-,30+/m0/s1. The minimum Gasteiger partial charge on any atom is -0.390 e. The minimum absolute atomic E-state index is 0.321. The number of anilines is 2. The fraction of sp³-hybridized carbons (Fsp3) is 0.387. The fourth-order valence-corrected chi connectivity index (χ4v) is 6.65. The third-order valence-electron chi connectivity index (χ3n) is 7.10. The maximum absolute atomic E-state index is 13.6. The van der Waals surface area contributed by atoms with Crippen molar-refractivity contribution in [3.63, 3.8) is 0 Å². The summed E-state index contributed by atoms with van der Waals surface area (Å²) in [5.41, 5.74) is 3.97. The molecule has 0 aromatic heterocycles. The molecule has 1 aliphatic rings. The summed E-state index contributed by atoms with van der Waals surface area (Å²) in [5.74, 6) is 0.00141. The predicted molar refractivity (Wildman–Crippen MR) is 165 cm³/mol. The van der Waals surface area contributed by atoms with Gasteiger partial charge < -0.3 is 21.1 Å². The summed E-state index contributed by atoms with van der Waals surface area (Å²) in [7, 11) is -2.94. The Morgan fingerprint density at radius 2 is 1.68 bits per heavy atom. The van der Waals surface area contributed by atoms with Gasteiger partial charge in [-0.15, -0.1) is 10.8 Å². The molecule has 0 spiro atoms. The average molecular weight is 567 g/mol. The van der Waals surface area contributed by atoms with Crippen LogP contribution in [0.25, 0.3) is 0 Å². The van der Waals surface area contributed by atoms with Crippen molar-refractivity contribution in [1.82, 2.24) is 10.6 Å². The lowest BCUT2D eigenvalue weighted by molar-refractivity contribution is 0.0831. The van der Waals surface area contributed by atoms with Crippen molar-refractivity contribution in [2.24, 2.45) is 0 Å². The molecule has 0 bridgehead atoms. The topological polar surface area (TPSA) is 117 Å². The lowest BCUT2D eigenvalue weighted by Crippen LogP contribution is -2.49. The van der Waals surface area contributed by atoms with Crippen LogP contribution < -0.4 is 20.3 Å². The first kappa shape index (κ1) is 29.9. The molecule has 0 unspecified atom stereocenters. The molecule has 3 aromatic rings. The van der Waals surface area contributed by atoms with Crippen LogP contribution in [-0.4, -0.2) is 64.2 Å². The monoisotopic (exact) mass is 566 g/mol. The van der Waals surface area contributed by atoms with Crippen molar-refractivity contribution in [2.75, 3.05) is 41.6 Å². The number of nitrogens with zero attached hydrogens (tertiary/aromatic N) is 1. The quantitative estimate of drug-likeness (QED) is 0.163. The zero-order valence-electron chi connectivity index (χ0n) is 23.1. The van der Waals surface area contributed by atoms with Gasteiger partial charge in [-0.3, -0.25) is 18.2 Å². The van der Waals surface area contributed by atoms with Gasteiger partial charge in [0.25, 0.3) is 5.91 Å². The molecular weight excluding hydrogens is 524 g/mol. The van der Waals surface area contributed by atoms with Gasteiger partial charge in [-0.2, -0.15) is 0 Å². The number of rotatable bonds is 13. The second-order valence-electron chi connectivity index (χ2n) is 10.2. The summed E-state index contributed by atoms with van der Waals surface area (Å²) in [6, 6.07) is 24.8. The zero-order chi connectivity index (χ0) is 28.4. The van der Waals surface area contributed by atoms with Crippen molar-refractivity contribution in [3.8, 4) is 0 Å². The number of aliphatic hydroxyl groups is 1. The molecule has 2 atom stereocenters. The summed E-state index contributed by atoms with van der Waals surface area (Å²) < 4.78 is 23.0. The second kappa shape index (κ2) is 14.5. The molecule has 3 aromatic carbocycles. The van der Waals surface area contributed by atoms with Gasteiger partial charge in [0, 0.05) is 30.9 Å². The average Bonchev–Trinajstić information content (AvgIpc) is 2.95. The van der Waals surface area contributed by atoms with Gasteiger partial charge >= 0.3 is 0 Å². The van der Waals surface area contributed by atoms with Crippen LogP contribution in [0.2, 0.25) is 0 Å². The van der Waals surface area contributed by atoms with E-state index < -0.39 is 22.9 Å². The second-order valence-corrected chi connectivity index (χ2v) is 12.3. The molecule has 1 aliphatic heterocycles.